The maximum absolute atomic E-state index is 6.18. The standard InChI is InChI=1S/C11H13BrClNO/c12-8-1-2-9(10(13)5-8)11-7(6-14)3-4-15-11/h1-2,5,7,11H,3-4,6,14H2. The van der Waals surface area contributed by atoms with Crippen LogP contribution in [0.25, 0.3) is 0 Å². The largest absolute Gasteiger partial charge is 0.373 e. The van der Waals surface area contributed by atoms with Gasteiger partial charge in [-0.15, -0.1) is 0 Å². The molecule has 0 spiro atoms. The van der Waals surface area contributed by atoms with E-state index in [1.807, 2.05) is 18.2 Å². The van der Waals surface area contributed by atoms with Crippen LogP contribution in [0.4, 0.5) is 0 Å². The highest BCUT2D eigenvalue weighted by Crippen LogP contribution is 2.38. The highest BCUT2D eigenvalue weighted by molar-refractivity contribution is 9.10. The highest BCUT2D eigenvalue weighted by Gasteiger charge is 2.29. The van der Waals surface area contributed by atoms with Crippen molar-refractivity contribution in [2.45, 2.75) is 12.5 Å². The summed E-state index contributed by atoms with van der Waals surface area (Å²) < 4.78 is 6.67. The zero-order valence-electron chi connectivity index (χ0n) is 8.25. The molecular formula is C11H13BrClNO. The highest BCUT2D eigenvalue weighted by atomic mass is 79.9. The molecule has 0 aliphatic carbocycles. The zero-order valence-corrected chi connectivity index (χ0v) is 10.6. The van der Waals surface area contributed by atoms with Crippen molar-refractivity contribution in [1.29, 1.82) is 0 Å². The minimum absolute atomic E-state index is 0.0654. The summed E-state index contributed by atoms with van der Waals surface area (Å²) in [5, 5.41) is 0.745. The van der Waals surface area contributed by atoms with Gasteiger partial charge in [-0.05, 0) is 30.7 Å². The molecule has 0 radical (unpaired) electrons. The third kappa shape index (κ3) is 2.36. The predicted octanol–water partition coefficient (Wildman–Crippen LogP) is 3.14. The fraction of sp³-hybridized carbons (Fsp3) is 0.455. The Bertz CT molecular complexity index is 358. The normalized spacial score (nSPS) is 25.8. The Balaban J connectivity index is 2.28. The number of rotatable bonds is 2. The van der Waals surface area contributed by atoms with E-state index in [1.165, 1.54) is 0 Å². The van der Waals surface area contributed by atoms with E-state index in [4.69, 9.17) is 22.1 Å². The first-order chi connectivity index (χ1) is 7.22. The van der Waals surface area contributed by atoms with Gasteiger partial charge in [-0.3, -0.25) is 0 Å². The molecule has 2 rings (SSSR count). The Labute approximate surface area is 103 Å². The van der Waals surface area contributed by atoms with E-state index in [-0.39, 0.29) is 6.10 Å². The van der Waals surface area contributed by atoms with Crippen LogP contribution in [0.3, 0.4) is 0 Å². The van der Waals surface area contributed by atoms with E-state index in [9.17, 15) is 0 Å². The second-order valence-corrected chi connectivity index (χ2v) is 5.06. The van der Waals surface area contributed by atoms with Crippen molar-refractivity contribution >= 4 is 27.5 Å². The number of benzene rings is 1. The van der Waals surface area contributed by atoms with Gasteiger partial charge in [0.1, 0.15) is 0 Å². The molecule has 0 bridgehead atoms. The average molecular weight is 291 g/mol. The molecule has 2 atom stereocenters. The SMILES string of the molecule is NCC1CCOC1c1ccc(Br)cc1Cl. The van der Waals surface area contributed by atoms with E-state index >= 15 is 0 Å². The van der Waals surface area contributed by atoms with E-state index in [0.717, 1.165) is 28.1 Å². The Hall–Kier alpha value is -0.0900. The molecule has 0 aromatic heterocycles. The van der Waals surface area contributed by atoms with Gasteiger partial charge in [-0.1, -0.05) is 33.6 Å². The minimum atomic E-state index is 0.0654. The first kappa shape index (κ1) is 11.4. The third-order valence-electron chi connectivity index (χ3n) is 2.79. The number of nitrogens with two attached hydrogens (primary N) is 1. The lowest BCUT2D eigenvalue weighted by atomic mass is 9.95. The van der Waals surface area contributed by atoms with Crippen LogP contribution in [0.5, 0.6) is 0 Å². The molecule has 1 aliphatic rings. The quantitative estimate of drug-likeness (QED) is 0.908. The first-order valence-corrected chi connectivity index (χ1v) is 6.16. The maximum atomic E-state index is 6.18. The van der Waals surface area contributed by atoms with E-state index in [2.05, 4.69) is 15.9 Å². The molecule has 2 unspecified atom stereocenters. The van der Waals surface area contributed by atoms with Gasteiger partial charge in [0.25, 0.3) is 0 Å². The molecule has 1 aromatic carbocycles. The molecule has 0 amide bonds. The summed E-state index contributed by atoms with van der Waals surface area (Å²) >= 11 is 9.57. The molecular weight excluding hydrogens is 277 g/mol. The van der Waals surface area contributed by atoms with Crippen LogP contribution in [0, 0.1) is 5.92 Å². The van der Waals surface area contributed by atoms with Gasteiger partial charge in [0, 0.05) is 22.0 Å². The van der Waals surface area contributed by atoms with Gasteiger partial charge < -0.3 is 10.5 Å². The molecule has 1 aromatic rings. The van der Waals surface area contributed by atoms with Crippen molar-refractivity contribution in [3.8, 4) is 0 Å². The molecule has 1 heterocycles. The van der Waals surface area contributed by atoms with E-state index < -0.39 is 0 Å². The van der Waals surface area contributed by atoms with Crippen LogP contribution in [0.2, 0.25) is 5.02 Å². The van der Waals surface area contributed by atoms with Gasteiger partial charge in [-0.2, -0.15) is 0 Å². The smallest absolute Gasteiger partial charge is 0.0880 e. The van der Waals surface area contributed by atoms with Crippen LogP contribution in [0.15, 0.2) is 22.7 Å². The summed E-state index contributed by atoms with van der Waals surface area (Å²) in [7, 11) is 0. The number of hydrogen-bond donors (Lipinski definition) is 1. The Kier molecular flexibility index (Phi) is 3.67. The second-order valence-electron chi connectivity index (χ2n) is 3.74. The van der Waals surface area contributed by atoms with Crippen molar-refractivity contribution in [1.82, 2.24) is 0 Å². The predicted molar refractivity (Wildman–Crippen MR) is 65.0 cm³/mol. The van der Waals surface area contributed by atoms with Gasteiger partial charge in [-0.25, -0.2) is 0 Å². The van der Waals surface area contributed by atoms with Crippen LogP contribution in [0.1, 0.15) is 18.1 Å². The van der Waals surface area contributed by atoms with E-state index in [0.29, 0.717) is 12.5 Å². The van der Waals surface area contributed by atoms with Gasteiger partial charge in [0.15, 0.2) is 0 Å². The summed E-state index contributed by atoms with van der Waals surface area (Å²) in [5.41, 5.74) is 6.76. The summed E-state index contributed by atoms with van der Waals surface area (Å²) in [5.74, 6) is 0.392. The Morgan fingerprint density at radius 1 is 1.53 bits per heavy atom. The third-order valence-corrected chi connectivity index (χ3v) is 3.61. The van der Waals surface area contributed by atoms with Crippen molar-refractivity contribution in [2.75, 3.05) is 13.2 Å². The number of hydrogen-bond acceptors (Lipinski definition) is 2. The Morgan fingerprint density at radius 2 is 2.33 bits per heavy atom. The molecule has 82 valence electrons. The summed E-state index contributed by atoms with van der Waals surface area (Å²) in [4.78, 5) is 0. The summed E-state index contributed by atoms with van der Waals surface area (Å²) in [6.07, 6.45) is 1.09. The fourth-order valence-electron chi connectivity index (χ4n) is 1.95. The Morgan fingerprint density at radius 3 is 3.00 bits per heavy atom. The van der Waals surface area contributed by atoms with Crippen LogP contribution in [-0.2, 0) is 4.74 Å². The second kappa shape index (κ2) is 4.83. The zero-order chi connectivity index (χ0) is 10.8. The van der Waals surface area contributed by atoms with Crippen molar-refractivity contribution in [2.24, 2.45) is 11.7 Å². The average Bonchev–Trinajstić information content (AvgIpc) is 2.65. The lowest BCUT2D eigenvalue weighted by Crippen LogP contribution is -2.18. The summed E-state index contributed by atoms with van der Waals surface area (Å²) in [6, 6.07) is 5.88. The minimum Gasteiger partial charge on any atom is -0.373 e. The number of halogens is 2. The maximum Gasteiger partial charge on any atom is 0.0880 e. The summed E-state index contributed by atoms with van der Waals surface area (Å²) in [6.45, 7) is 1.43. The molecule has 4 heteroatoms. The van der Waals surface area contributed by atoms with Crippen LogP contribution >= 0.6 is 27.5 Å². The van der Waals surface area contributed by atoms with Crippen LogP contribution in [-0.4, -0.2) is 13.2 Å². The van der Waals surface area contributed by atoms with Gasteiger partial charge in [0.2, 0.25) is 0 Å². The van der Waals surface area contributed by atoms with Gasteiger partial charge >= 0.3 is 0 Å². The van der Waals surface area contributed by atoms with Crippen LogP contribution < -0.4 is 5.73 Å². The fourth-order valence-corrected chi connectivity index (χ4v) is 2.73. The molecule has 1 aliphatic heterocycles. The van der Waals surface area contributed by atoms with Crippen molar-refractivity contribution < 1.29 is 4.74 Å². The van der Waals surface area contributed by atoms with E-state index in [1.54, 1.807) is 0 Å². The lowest BCUT2D eigenvalue weighted by Gasteiger charge is -2.18. The van der Waals surface area contributed by atoms with Crippen molar-refractivity contribution in [3.05, 3.63) is 33.3 Å². The number of ether oxygens (including phenoxy) is 1. The topological polar surface area (TPSA) is 35.2 Å². The first-order valence-electron chi connectivity index (χ1n) is 4.99. The monoisotopic (exact) mass is 289 g/mol. The molecule has 15 heavy (non-hydrogen) atoms. The van der Waals surface area contributed by atoms with Gasteiger partial charge in [0.05, 0.1) is 6.10 Å². The lowest BCUT2D eigenvalue weighted by molar-refractivity contribution is 0.0925. The molecule has 2 nitrogen and oxygen atoms in total. The molecule has 2 N–H and O–H groups in total. The van der Waals surface area contributed by atoms with Crippen molar-refractivity contribution in [3.63, 3.8) is 0 Å². The molecule has 1 saturated heterocycles. The molecule has 1 fully saturated rings. The molecule has 0 saturated carbocycles.